The molecule has 0 heterocycles. The number of aliphatic imine (C=N–C) groups is 1. The van der Waals surface area contributed by atoms with Gasteiger partial charge in [-0.15, -0.1) is 24.0 Å². The van der Waals surface area contributed by atoms with Crippen LogP contribution >= 0.6 is 47.2 Å². The lowest BCUT2D eigenvalue weighted by Crippen LogP contribution is -2.37. The van der Waals surface area contributed by atoms with Crippen LogP contribution < -0.4 is 21.1 Å². The maximum atomic E-state index is 10.8. The maximum Gasteiger partial charge on any atom is 0.255 e. The molecule has 0 aromatic heterocycles. The monoisotopic (exact) mass is 550 g/mol. The van der Waals surface area contributed by atoms with Gasteiger partial charge in [-0.2, -0.15) is 0 Å². The highest BCUT2D eigenvalue weighted by Crippen LogP contribution is 2.21. The van der Waals surface area contributed by atoms with E-state index in [1.807, 2.05) is 30.3 Å². The highest BCUT2D eigenvalue weighted by Gasteiger charge is 2.03. The Kier molecular flexibility index (Phi) is 11.8. The molecule has 2 aromatic carbocycles. The van der Waals surface area contributed by atoms with Gasteiger partial charge >= 0.3 is 0 Å². The third-order valence-electron chi connectivity index (χ3n) is 3.89. The van der Waals surface area contributed by atoms with Crippen LogP contribution in [0.15, 0.2) is 47.5 Å². The van der Waals surface area contributed by atoms with E-state index in [2.05, 4.69) is 15.6 Å². The molecule has 0 bridgehead atoms. The van der Waals surface area contributed by atoms with Gasteiger partial charge in [0.15, 0.2) is 12.6 Å². The molecule has 2 aromatic rings. The molecule has 29 heavy (non-hydrogen) atoms. The molecule has 0 fully saturated rings. The molecule has 0 unspecified atom stereocenters. The number of guanidine groups is 1. The first kappa shape index (κ1) is 25.3. The summed E-state index contributed by atoms with van der Waals surface area (Å²) in [6, 6.07) is 13.0. The van der Waals surface area contributed by atoms with Crippen LogP contribution in [0.4, 0.5) is 0 Å². The summed E-state index contributed by atoms with van der Waals surface area (Å²) >= 11 is 12.1. The fraction of sp³-hybridized carbons (Fsp3) is 0.300. The second kappa shape index (κ2) is 13.5. The van der Waals surface area contributed by atoms with Crippen LogP contribution in [0.3, 0.4) is 0 Å². The van der Waals surface area contributed by atoms with E-state index in [1.165, 1.54) is 0 Å². The Bertz CT molecular complexity index is 834. The summed E-state index contributed by atoms with van der Waals surface area (Å²) in [5, 5.41) is 7.84. The van der Waals surface area contributed by atoms with E-state index in [1.54, 1.807) is 19.2 Å². The highest BCUT2D eigenvalue weighted by atomic mass is 127. The number of hydrogen-bond donors (Lipinski definition) is 3. The van der Waals surface area contributed by atoms with Crippen molar-refractivity contribution >= 4 is 59.0 Å². The minimum absolute atomic E-state index is 0. The Hall–Kier alpha value is -1.71. The van der Waals surface area contributed by atoms with Gasteiger partial charge in [-0.3, -0.25) is 9.79 Å². The number of carbonyl (C=O) groups is 1. The zero-order valence-electron chi connectivity index (χ0n) is 16.1. The topological polar surface area (TPSA) is 88.7 Å². The maximum absolute atomic E-state index is 10.8. The van der Waals surface area contributed by atoms with Crippen molar-refractivity contribution in [3.8, 4) is 5.75 Å². The van der Waals surface area contributed by atoms with Gasteiger partial charge in [0.1, 0.15) is 5.75 Å². The fourth-order valence-electron chi connectivity index (χ4n) is 2.52. The number of halogens is 3. The van der Waals surface area contributed by atoms with E-state index in [4.69, 9.17) is 33.7 Å². The van der Waals surface area contributed by atoms with Gasteiger partial charge < -0.3 is 21.1 Å². The Labute approximate surface area is 198 Å². The molecular formula is C20H25Cl2IN4O2. The summed E-state index contributed by atoms with van der Waals surface area (Å²) in [6.45, 7) is 1.18. The summed E-state index contributed by atoms with van der Waals surface area (Å²) in [7, 11) is 1.72. The minimum atomic E-state index is -0.506. The molecule has 9 heteroatoms. The molecule has 0 radical (unpaired) electrons. The first-order chi connectivity index (χ1) is 13.5. The molecule has 0 aliphatic rings. The number of nitrogens with zero attached hydrogens (tertiary/aromatic N) is 1. The summed E-state index contributed by atoms with van der Waals surface area (Å²) in [5.41, 5.74) is 7.16. The van der Waals surface area contributed by atoms with Crippen LogP contribution in [0.5, 0.6) is 5.75 Å². The Balaban J connectivity index is 0.00000420. The molecule has 0 saturated heterocycles. The number of primary amides is 1. The molecule has 1 amide bonds. The summed E-state index contributed by atoms with van der Waals surface area (Å²) < 4.78 is 5.31. The van der Waals surface area contributed by atoms with Crippen LogP contribution in [0.2, 0.25) is 10.0 Å². The predicted octanol–water partition coefficient (Wildman–Crippen LogP) is 3.77. The Morgan fingerprint density at radius 3 is 2.66 bits per heavy atom. The Morgan fingerprint density at radius 2 is 1.97 bits per heavy atom. The normalized spacial score (nSPS) is 10.8. The zero-order chi connectivity index (χ0) is 20.4. The molecule has 0 atom stereocenters. The third-order valence-corrected chi connectivity index (χ3v) is 4.48. The highest BCUT2D eigenvalue weighted by molar-refractivity contribution is 14.0. The van der Waals surface area contributed by atoms with Gasteiger partial charge in [0.25, 0.3) is 5.91 Å². The standard InChI is InChI=1S/C20H24Cl2N4O2.HI/c1-24-20(25-9-3-5-15-7-8-16(21)11-18(15)22)26-12-14-4-2-6-17(10-14)28-13-19(23)27;/h2,4,6-8,10-11H,3,5,9,12-13H2,1H3,(H2,23,27)(H2,24,25,26);1H. The van der Waals surface area contributed by atoms with Crippen LogP contribution in [0.25, 0.3) is 0 Å². The lowest BCUT2D eigenvalue weighted by atomic mass is 10.1. The molecule has 0 saturated carbocycles. The lowest BCUT2D eigenvalue weighted by Gasteiger charge is -2.13. The fourth-order valence-corrected chi connectivity index (χ4v) is 3.02. The van der Waals surface area contributed by atoms with E-state index in [-0.39, 0.29) is 30.6 Å². The van der Waals surface area contributed by atoms with E-state index in [9.17, 15) is 4.79 Å². The zero-order valence-corrected chi connectivity index (χ0v) is 19.9. The van der Waals surface area contributed by atoms with E-state index < -0.39 is 5.91 Å². The van der Waals surface area contributed by atoms with Gasteiger partial charge in [-0.1, -0.05) is 41.4 Å². The number of rotatable bonds is 9. The summed E-state index contributed by atoms with van der Waals surface area (Å²) in [5.74, 6) is 0.791. The smallest absolute Gasteiger partial charge is 0.255 e. The number of hydrogen-bond acceptors (Lipinski definition) is 3. The second-order valence-corrected chi connectivity index (χ2v) is 6.94. The second-order valence-electron chi connectivity index (χ2n) is 6.09. The number of ether oxygens (including phenoxy) is 1. The van der Waals surface area contributed by atoms with Crippen molar-refractivity contribution in [1.82, 2.24) is 10.6 Å². The minimum Gasteiger partial charge on any atom is -0.484 e. The van der Waals surface area contributed by atoms with Gasteiger partial charge in [0.2, 0.25) is 0 Å². The van der Waals surface area contributed by atoms with Crippen molar-refractivity contribution in [3.05, 3.63) is 63.6 Å². The predicted molar refractivity (Wildman–Crippen MR) is 130 cm³/mol. The van der Waals surface area contributed by atoms with Crippen molar-refractivity contribution in [2.24, 2.45) is 10.7 Å². The molecule has 2 rings (SSSR count). The first-order valence-electron chi connectivity index (χ1n) is 8.86. The largest absolute Gasteiger partial charge is 0.484 e. The van der Waals surface area contributed by atoms with Crippen molar-refractivity contribution < 1.29 is 9.53 Å². The first-order valence-corrected chi connectivity index (χ1v) is 9.62. The van der Waals surface area contributed by atoms with Gasteiger partial charge in [0.05, 0.1) is 0 Å². The molecular weight excluding hydrogens is 526 g/mol. The molecule has 0 aliphatic carbocycles. The number of carbonyl (C=O) groups excluding carboxylic acids is 1. The van der Waals surface area contributed by atoms with Crippen LogP contribution in [-0.2, 0) is 17.8 Å². The third kappa shape index (κ3) is 9.56. The van der Waals surface area contributed by atoms with Gasteiger partial charge in [-0.25, -0.2) is 0 Å². The van der Waals surface area contributed by atoms with E-state index >= 15 is 0 Å². The molecule has 0 spiro atoms. The average molecular weight is 551 g/mol. The van der Waals surface area contributed by atoms with Crippen LogP contribution in [0.1, 0.15) is 17.5 Å². The van der Waals surface area contributed by atoms with E-state index in [0.717, 1.165) is 30.5 Å². The quantitative estimate of drug-likeness (QED) is 0.192. The number of nitrogens with two attached hydrogens (primary N) is 1. The van der Waals surface area contributed by atoms with E-state index in [0.29, 0.717) is 28.3 Å². The Morgan fingerprint density at radius 1 is 1.17 bits per heavy atom. The number of nitrogens with one attached hydrogen (secondary N) is 2. The summed E-state index contributed by atoms with van der Waals surface area (Å²) in [4.78, 5) is 15.0. The van der Waals surface area contributed by atoms with Crippen molar-refractivity contribution in [2.75, 3.05) is 20.2 Å². The summed E-state index contributed by atoms with van der Waals surface area (Å²) in [6.07, 6.45) is 1.75. The lowest BCUT2D eigenvalue weighted by molar-refractivity contribution is -0.119. The number of aryl methyl sites for hydroxylation is 1. The van der Waals surface area contributed by atoms with Crippen LogP contribution in [-0.4, -0.2) is 32.1 Å². The SMILES string of the molecule is CN=C(NCCCc1ccc(Cl)cc1Cl)NCc1cccc(OCC(N)=O)c1.I. The van der Waals surface area contributed by atoms with Gasteiger partial charge in [-0.05, 0) is 48.2 Å². The average Bonchev–Trinajstić information content (AvgIpc) is 2.67. The van der Waals surface area contributed by atoms with Gasteiger partial charge in [0, 0.05) is 30.2 Å². The van der Waals surface area contributed by atoms with Crippen molar-refractivity contribution in [3.63, 3.8) is 0 Å². The van der Waals surface area contributed by atoms with Crippen molar-refractivity contribution in [2.45, 2.75) is 19.4 Å². The molecule has 0 aliphatic heterocycles. The molecule has 6 nitrogen and oxygen atoms in total. The van der Waals surface area contributed by atoms with Crippen molar-refractivity contribution in [1.29, 1.82) is 0 Å². The molecule has 4 N–H and O–H groups in total. The number of benzene rings is 2. The van der Waals surface area contributed by atoms with Crippen LogP contribution in [0, 0.1) is 0 Å². The molecule has 158 valence electrons. The number of amides is 1.